The summed E-state index contributed by atoms with van der Waals surface area (Å²) in [4.78, 5) is 10.9. The van der Waals surface area contributed by atoms with Gasteiger partial charge in [0.1, 0.15) is 5.52 Å². The molecule has 0 spiro atoms. The smallest absolute Gasteiger partial charge is 0.309 e. The van der Waals surface area contributed by atoms with E-state index in [1.165, 1.54) is 0 Å². The zero-order valence-electron chi connectivity index (χ0n) is 13.4. The molecule has 7 heteroatoms. The summed E-state index contributed by atoms with van der Waals surface area (Å²) in [6, 6.07) is 15.3. The van der Waals surface area contributed by atoms with Gasteiger partial charge in [0, 0.05) is 5.56 Å². The van der Waals surface area contributed by atoms with Gasteiger partial charge in [-0.05, 0) is 25.1 Å². The first-order valence-corrected chi connectivity index (χ1v) is 7.71. The molecule has 0 saturated carbocycles. The second-order valence-electron chi connectivity index (χ2n) is 5.68. The lowest BCUT2D eigenvalue weighted by molar-refractivity contribution is -0.136. The molecule has 0 bridgehead atoms. The third kappa shape index (κ3) is 2.65. The first-order chi connectivity index (χ1) is 12.1. The molecule has 4 rings (SSSR count). The number of hydrogen-bond donors (Lipinski definition) is 1. The Morgan fingerprint density at radius 2 is 2.00 bits per heavy atom. The number of aliphatic carboxylic acids is 1. The lowest BCUT2D eigenvalue weighted by Gasteiger charge is -2.04. The SMILES string of the molecule is Cc1c(CC(=O)O)nnn1-c1ccc2noc(-c3ccccc3)c2c1. The molecule has 2 heterocycles. The third-order valence-electron chi connectivity index (χ3n) is 4.05. The van der Waals surface area contributed by atoms with Crippen molar-refractivity contribution in [3.63, 3.8) is 0 Å². The number of aromatic nitrogens is 4. The first-order valence-electron chi connectivity index (χ1n) is 7.71. The van der Waals surface area contributed by atoms with Crippen LogP contribution in [0.15, 0.2) is 53.1 Å². The van der Waals surface area contributed by atoms with Crippen LogP contribution in [0.25, 0.3) is 27.9 Å². The van der Waals surface area contributed by atoms with E-state index in [9.17, 15) is 4.79 Å². The zero-order valence-corrected chi connectivity index (χ0v) is 13.4. The van der Waals surface area contributed by atoms with Crippen molar-refractivity contribution >= 4 is 16.9 Å². The molecule has 2 aromatic carbocycles. The quantitative estimate of drug-likeness (QED) is 0.616. The largest absolute Gasteiger partial charge is 0.481 e. The summed E-state index contributed by atoms with van der Waals surface area (Å²) in [6.07, 6.45) is -0.156. The molecule has 0 radical (unpaired) electrons. The molecule has 0 aliphatic heterocycles. The molecule has 0 atom stereocenters. The standard InChI is InChI=1S/C18H14N4O3/c1-11-16(10-17(23)24)19-21-22(11)13-7-8-15-14(9-13)18(25-20-15)12-5-3-2-4-6-12/h2-9H,10H2,1H3,(H,23,24). The fourth-order valence-corrected chi connectivity index (χ4v) is 2.77. The Balaban J connectivity index is 1.82. The Hall–Kier alpha value is -3.48. The van der Waals surface area contributed by atoms with Crippen molar-refractivity contribution in [1.29, 1.82) is 0 Å². The normalized spacial score (nSPS) is 11.1. The number of rotatable bonds is 4. The van der Waals surface area contributed by atoms with Gasteiger partial charge in [0.05, 0.1) is 28.9 Å². The Bertz CT molecular complexity index is 1070. The number of carboxylic acid groups (broad SMARTS) is 1. The van der Waals surface area contributed by atoms with Gasteiger partial charge in [-0.3, -0.25) is 4.79 Å². The monoisotopic (exact) mass is 334 g/mol. The van der Waals surface area contributed by atoms with Gasteiger partial charge in [0.2, 0.25) is 0 Å². The van der Waals surface area contributed by atoms with E-state index in [4.69, 9.17) is 9.63 Å². The van der Waals surface area contributed by atoms with Crippen LogP contribution < -0.4 is 0 Å². The Labute approximate surface area is 142 Å². The maximum Gasteiger partial charge on any atom is 0.309 e. The molecule has 4 aromatic rings. The van der Waals surface area contributed by atoms with E-state index in [0.717, 1.165) is 22.2 Å². The highest BCUT2D eigenvalue weighted by Gasteiger charge is 2.16. The fourth-order valence-electron chi connectivity index (χ4n) is 2.77. The molecule has 0 aliphatic carbocycles. The first kappa shape index (κ1) is 15.1. The van der Waals surface area contributed by atoms with Crippen LogP contribution in [0.2, 0.25) is 0 Å². The van der Waals surface area contributed by atoms with Crippen LogP contribution in [0.3, 0.4) is 0 Å². The molecule has 124 valence electrons. The van der Waals surface area contributed by atoms with Crippen LogP contribution in [0.4, 0.5) is 0 Å². The summed E-state index contributed by atoms with van der Waals surface area (Å²) in [7, 11) is 0. The van der Waals surface area contributed by atoms with Crippen LogP contribution in [-0.2, 0) is 11.2 Å². The molecular weight excluding hydrogens is 320 g/mol. The van der Waals surface area contributed by atoms with E-state index in [-0.39, 0.29) is 6.42 Å². The highest BCUT2D eigenvalue weighted by Crippen LogP contribution is 2.30. The van der Waals surface area contributed by atoms with Crippen molar-refractivity contribution in [3.05, 3.63) is 59.9 Å². The predicted molar refractivity (Wildman–Crippen MR) is 90.4 cm³/mol. The van der Waals surface area contributed by atoms with Crippen molar-refractivity contribution in [1.82, 2.24) is 20.2 Å². The lowest BCUT2D eigenvalue weighted by Crippen LogP contribution is -2.03. The van der Waals surface area contributed by atoms with E-state index in [1.54, 1.807) is 11.6 Å². The Morgan fingerprint density at radius 1 is 1.20 bits per heavy atom. The van der Waals surface area contributed by atoms with Gasteiger partial charge < -0.3 is 9.63 Å². The van der Waals surface area contributed by atoms with E-state index < -0.39 is 5.97 Å². The average molecular weight is 334 g/mol. The van der Waals surface area contributed by atoms with Gasteiger partial charge in [-0.2, -0.15) is 0 Å². The molecule has 2 aromatic heterocycles. The van der Waals surface area contributed by atoms with Crippen LogP contribution in [0.1, 0.15) is 11.4 Å². The van der Waals surface area contributed by atoms with Crippen LogP contribution in [0, 0.1) is 6.92 Å². The van der Waals surface area contributed by atoms with Gasteiger partial charge in [0.25, 0.3) is 0 Å². The number of benzene rings is 2. The van der Waals surface area contributed by atoms with Crippen molar-refractivity contribution < 1.29 is 14.4 Å². The summed E-state index contributed by atoms with van der Waals surface area (Å²) in [5.74, 6) is -0.253. The molecule has 7 nitrogen and oxygen atoms in total. The molecular formula is C18H14N4O3. The van der Waals surface area contributed by atoms with Crippen molar-refractivity contribution in [2.24, 2.45) is 0 Å². The van der Waals surface area contributed by atoms with Gasteiger partial charge in [-0.25, -0.2) is 4.68 Å². The van der Waals surface area contributed by atoms with Gasteiger partial charge in [0.15, 0.2) is 5.76 Å². The maximum absolute atomic E-state index is 10.9. The molecule has 0 fully saturated rings. The average Bonchev–Trinajstić information content (AvgIpc) is 3.19. The number of hydrogen-bond acceptors (Lipinski definition) is 5. The number of carbonyl (C=O) groups is 1. The molecule has 1 N–H and O–H groups in total. The fraction of sp³-hybridized carbons (Fsp3) is 0.111. The molecule has 0 aliphatic rings. The summed E-state index contributed by atoms with van der Waals surface area (Å²) in [6.45, 7) is 1.80. The molecule has 0 saturated heterocycles. The van der Waals surface area contributed by atoms with Gasteiger partial charge in [-0.1, -0.05) is 40.7 Å². The van der Waals surface area contributed by atoms with E-state index in [2.05, 4.69) is 15.5 Å². The summed E-state index contributed by atoms with van der Waals surface area (Å²) in [5, 5.41) is 22.0. The van der Waals surface area contributed by atoms with Crippen LogP contribution >= 0.6 is 0 Å². The second-order valence-corrected chi connectivity index (χ2v) is 5.68. The number of nitrogens with zero attached hydrogens (tertiary/aromatic N) is 4. The maximum atomic E-state index is 10.9. The predicted octanol–water partition coefficient (Wildman–Crippen LogP) is 3.01. The third-order valence-corrected chi connectivity index (χ3v) is 4.05. The highest BCUT2D eigenvalue weighted by atomic mass is 16.5. The summed E-state index contributed by atoms with van der Waals surface area (Å²) >= 11 is 0. The lowest BCUT2D eigenvalue weighted by atomic mass is 10.1. The van der Waals surface area contributed by atoms with Crippen molar-refractivity contribution in [2.45, 2.75) is 13.3 Å². The van der Waals surface area contributed by atoms with E-state index in [1.807, 2.05) is 48.5 Å². The molecule has 0 amide bonds. The summed E-state index contributed by atoms with van der Waals surface area (Å²) in [5.41, 5.74) is 3.59. The van der Waals surface area contributed by atoms with Crippen LogP contribution in [0.5, 0.6) is 0 Å². The van der Waals surface area contributed by atoms with Gasteiger partial charge >= 0.3 is 5.97 Å². The van der Waals surface area contributed by atoms with E-state index >= 15 is 0 Å². The van der Waals surface area contributed by atoms with Crippen molar-refractivity contribution in [2.75, 3.05) is 0 Å². The van der Waals surface area contributed by atoms with E-state index in [0.29, 0.717) is 17.1 Å². The number of fused-ring (bicyclic) bond motifs is 1. The Kier molecular flexibility index (Phi) is 3.53. The number of carboxylic acids is 1. The Morgan fingerprint density at radius 3 is 2.76 bits per heavy atom. The summed E-state index contributed by atoms with van der Waals surface area (Å²) < 4.78 is 7.13. The topological polar surface area (TPSA) is 94.0 Å². The molecule has 25 heavy (non-hydrogen) atoms. The van der Waals surface area contributed by atoms with Crippen LogP contribution in [-0.4, -0.2) is 31.2 Å². The minimum absolute atomic E-state index is 0.156. The highest BCUT2D eigenvalue weighted by molar-refractivity contribution is 5.92. The van der Waals surface area contributed by atoms with Gasteiger partial charge in [-0.15, -0.1) is 5.10 Å². The van der Waals surface area contributed by atoms with Crippen molar-refractivity contribution in [3.8, 4) is 17.0 Å². The zero-order chi connectivity index (χ0) is 17.4. The molecule has 0 unspecified atom stereocenters. The second kappa shape index (κ2) is 5.86. The minimum Gasteiger partial charge on any atom is -0.481 e. The minimum atomic E-state index is -0.934.